The van der Waals surface area contributed by atoms with Crippen molar-refractivity contribution in [2.24, 2.45) is 0 Å². The standard InChI is InChI=1S/C6H5ClNS/c1-9-5-2-3-6(7)8-4-5/h2-4H,1H2. The maximum atomic E-state index is 5.53. The van der Waals surface area contributed by atoms with Crippen LogP contribution in [0.15, 0.2) is 23.2 Å². The molecule has 0 aliphatic carbocycles. The second-order valence-corrected chi connectivity index (χ2v) is 2.61. The van der Waals surface area contributed by atoms with Gasteiger partial charge < -0.3 is 0 Å². The third-order valence-electron chi connectivity index (χ3n) is 0.867. The average molecular weight is 159 g/mol. The summed E-state index contributed by atoms with van der Waals surface area (Å²) in [6.45, 7) is 0. The summed E-state index contributed by atoms with van der Waals surface area (Å²) in [4.78, 5) is 4.88. The molecule has 0 bridgehead atoms. The number of pyridine rings is 1. The summed E-state index contributed by atoms with van der Waals surface area (Å²) in [6.07, 6.45) is 5.31. The van der Waals surface area contributed by atoms with E-state index in [4.69, 9.17) is 11.6 Å². The molecule has 9 heavy (non-hydrogen) atoms. The van der Waals surface area contributed by atoms with E-state index >= 15 is 0 Å². The molecule has 0 aliphatic heterocycles. The van der Waals surface area contributed by atoms with Crippen LogP contribution in [0.2, 0.25) is 5.15 Å². The average Bonchev–Trinajstić information content (AvgIpc) is 1.90. The van der Waals surface area contributed by atoms with Gasteiger partial charge in [0, 0.05) is 17.3 Å². The molecule has 1 aromatic rings. The second kappa shape index (κ2) is 3.08. The predicted molar refractivity (Wildman–Crippen MR) is 40.5 cm³/mol. The van der Waals surface area contributed by atoms with Crippen LogP contribution in [0.25, 0.3) is 0 Å². The first kappa shape index (κ1) is 6.90. The quantitative estimate of drug-likeness (QED) is 0.461. The molecule has 0 fully saturated rings. The number of nitrogens with zero attached hydrogens (tertiary/aromatic N) is 1. The highest BCUT2D eigenvalue weighted by Crippen LogP contribution is 2.15. The van der Waals surface area contributed by atoms with Gasteiger partial charge >= 0.3 is 0 Å². The lowest BCUT2D eigenvalue weighted by molar-refractivity contribution is 1.24. The summed E-state index contributed by atoms with van der Waals surface area (Å²) in [5.41, 5.74) is 0. The maximum absolute atomic E-state index is 5.53. The Balaban J connectivity index is 2.88. The Kier molecular flexibility index (Phi) is 2.37. The Bertz CT molecular complexity index is 185. The zero-order chi connectivity index (χ0) is 6.69. The molecule has 0 atom stereocenters. The van der Waals surface area contributed by atoms with Crippen LogP contribution < -0.4 is 0 Å². The van der Waals surface area contributed by atoms with Crippen LogP contribution in [0.1, 0.15) is 0 Å². The van der Waals surface area contributed by atoms with Gasteiger partial charge in [-0.2, -0.15) is 0 Å². The molecule has 1 heterocycles. The monoisotopic (exact) mass is 158 g/mol. The number of halogens is 1. The number of aromatic nitrogens is 1. The van der Waals surface area contributed by atoms with E-state index in [0.29, 0.717) is 5.15 Å². The van der Waals surface area contributed by atoms with Crippen LogP contribution in [0.5, 0.6) is 0 Å². The van der Waals surface area contributed by atoms with Crippen molar-refractivity contribution < 1.29 is 0 Å². The SMILES string of the molecule is [CH2]Sc1ccc(Cl)nc1. The van der Waals surface area contributed by atoms with Crippen molar-refractivity contribution in [2.45, 2.75) is 4.90 Å². The Hall–Kier alpha value is -0.210. The Labute approximate surface area is 63.4 Å². The largest absolute Gasteiger partial charge is 0.243 e. The van der Waals surface area contributed by atoms with E-state index in [1.54, 1.807) is 12.3 Å². The number of hydrogen-bond donors (Lipinski definition) is 0. The van der Waals surface area contributed by atoms with Crippen molar-refractivity contribution in [2.75, 3.05) is 0 Å². The first-order chi connectivity index (χ1) is 4.33. The van der Waals surface area contributed by atoms with Crippen LogP contribution in [0.4, 0.5) is 0 Å². The highest BCUT2D eigenvalue weighted by Gasteiger charge is 1.88. The lowest BCUT2D eigenvalue weighted by Crippen LogP contribution is -1.72. The normalized spacial score (nSPS) is 9.56. The van der Waals surface area contributed by atoms with Crippen molar-refractivity contribution in [1.29, 1.82) is 0 Å². The lowest BCUT2D eigenvalue weighted by Gasteiger charge is -1.91. The maximum Gasteiger partial charge on any atom is 0.129 e. The van der Waals surface area contributed by atoms with Gasteiger partial charge in [0.1, 0.15) is 5.15 Å². The van der Waals surface area contributed by atoms with Crippen molar-refractivity contribution in [3.05, 3.63) is 29.7 Å². The summed E-state index contributed by atoms with van der Waals surface area (Å²) in [6, 6.07) is 3.63. The first-order valence-electron chi connectivity index (χ1n) is 2.36. The van der Waals surface area contributed by atoms with Gasteiger partial charge in [0.2, 0.25) is 0 Å². The van der Waals surface area contributed by atoms with E-state index in [-0.39, 0.29) is 0 Å². The van der Waals surface area contributed by atoms with Gasteiger partial charge in [-0.05, 0) is 12.1 Å². The van der Waals surface area contributed by atoms with Crippen molar-refractivity contribution in [1.82, 2.24) is 4.98 Å². The minimum absolute atomic E-state index is 0.521. The van der Waals surface area contributed by atoms with Crippen LogP contribution in [-0.4, -0.2) is 4.98 Å². The van der Waals surface area contributed by atoms with Gasteiger partial charge in [0.05, 0.1) is 0 Å². The van der Waals surface area contributed by atoms with Crippen LogP contribution in [0, 0.1) is 6.26 Å². The zero-order valence-corrected chi connectivity index (χ0v) is 6.25. The van der Waals surface area contributed by atoms with E-state index in [9.17, 15) is 0 Å². The van der Waals surface area contributed by atoms with Crippen molar-refractivity contribution >= 4 is 23.4 Å². The van der Waals surface area contributed by atoms with E-state index < -0.39 is 0 Å². The summed E-state index contributed by atoms with van der Waals surface area (Å²) >= 11 is 6.93. The predicted octanol–water partition coefficient (Wildman–Crippen LogP) is 2.62. The van der Waals surface area contributed by atoms with Gasteiger partial charge in [0.25, 0.3) is 0 Å². The van der Waals surface area contributed by atoms with Crippen molar-refractivity contribution in [3.63, 3.8) is 0 Å². The van der Waals surface area contributed by atoms with E-state index in [0.717, 1.165) is 4.90 Å². The summed E-state index contributed by atoms with van der Waals surface area (Å²) in [5, 5.41) is 0.521. The van der Waals surface area contributed by atoms with E-state index in [1.165, 1.54) is 11.8 Å². The topological polar surface area (TPSA) is 12.9 Å². The summed E-state index contributed by atoms with van der Waals surface area (Å²) in [5.74, 6) is 0. The van der Waals surface area contributed by atoms with E-state index in [1.807, 2.05) is 6.07 Å². The number of thioether (sulfide) groups is 1. The third-order valence-corrected chi connectivity index (χ3v) is 1.67. The summed E-state index contributed by atoms with van der Waals surface area (Å²) < 4.78 is 0. The molecular weight excluding hydrogens is 154 g/mol. The van der Waals surface area contributed by atoms with Gasteiger partial charge in [-0.15, -0.1) is 11.8 Å². The minimum Gasteiger partial charge on any atom is -0.243 e. The molecule has 0 saturated heterocycles. The fraction of sp³-hybridized carbons (Fsp3) is 0. The number of hydrogen-bond acceptors (Lipinski definition) is 2. The highest BCUT2D eigenvalue weighted by atomic mass is 35.5. The Morgan fingerprint density at radius 1 is 1.56 bits per heavy atom. The molecule has 0 aliphatic rings. The molecule has 0 unspecified atom stereocenters. The molecule has 3 heteroatoms. The first-order valence-corrected chi connectivity index (χ1v) is 3.73. The molecule has 0 aromatic carbocycles. The van der Waals surface area contributed by atoms with E-state index in [2.05, 4.69) is 11.2 Å². The van der Waals surface area contributed by atoms with Gasteiger partial charge in [-0.25, -0.2) is 4.98 Å². The van der Waals surface area contributed by atoms with Crippen LogP contribution in [-0.2, 0) is 0 Å². The van der Waals surface area contributed by atoms with Gasteiger partial charge in [0.15, 0.2) is 0 Å². The third kappa shape index (κ3) is 1.88. The number of rotatable bonds is 1. The minimum atomic E-state index is 0.521. The fourth-order valence-electron chi connectivity index (χ4n) is 0.448. The van der Waals surface area contributed by atoms with Crippen LogP contribution >= 0.6 is 23.4 Å². The van der Waals surface area contributed by atoms with Crippen LogP contribution in [0.3, 0.4) is 0 Å². The van der Waals surface area contributed by atoms with Gasteiger partial charge in [-0.3, -0.25) is 0 Å². The molecule has 0 N–H and O–H groups in total. The second-order valence-electron chi connectivity index (χ2n) is 1.46. The molecule has 0 amide bonds. The molecular formula is C6H5ClNS. The molecule has 0 spiro atoms. The lowest BCUT2D eigenvalue weighted by atomic mass is 10.5. The molecule has 1 rings (SSSR count). The zero-order valence-electron chi connectivity index (χ0n) is 4.67. The Morgan fingerprint density at radius 3 is 2.78 bits per heavy atom. The van der Waals surface area contributed by atoms with Crippen molar-refractivity contribution in [3.8, 4) is 0 Å². The fourth-order valence-corrected chi connectivity index (χ4v) is 0.851. The Morgan fingerprint density at radius 2 is 2.33 bits per heavy atom. The smallest absolute Gasteiger partial charge is 0.129 e. The highest BCUT2D eigenvalue weighted by molar-refractivity contribution is 8.00. The molecule has 1 radical (unpaired) electrons. The summed E-state index contributed by atoms with van der Waals surface area (Å²) in [7, 11) is 0. The molecule has 1 aromatic heterocycles. The molecule has 1 nitrogen and oxygen atoms in total. The van der Waals surface area contributed by atoms with Gasteiger partial charge in [-0.1, -0.05) is 11.6 Å². The molecule has 47 valence electrons. The molecule has 0 saturated carbocycles.